The third kappa shape index (κ3) is 2.82. The van der Waals surface area contributed by atoms with Crippen LogP contribution in [0.25, 0.3) is 5.69 Å². The summed E-state index contributed by atoms with van der Waals surface area (Å²) in [7, 11) is 1.80. The summed E-state index contributed by atoms with van der Waals surface area (Å²) in [4.78, 5) is 4.02. The van der Waals surface area contributed by atoms with Crippen molar-refractivity contribution in [1.29, 1.82) is 0 Å². The first-order chi connectivity index (χ1) is 9.86. The quantitative estimate of drug-likeness (QED) is 0.929. The average Bonchev–Trinajstić information content (AvgIpc) is 3.03. The van der Waals surface area contributed by atoms with Crippen molar-refractivity contribution in [3.05, 3.63) is 36.9 Å². The molecule has 1 aromatic carbocycles. The molecule has 0 radical (unpaired) electrons. The predicted molar refractivity (Wildman–Crippen MR) is 78.0 cm³/mol. The first kappa shape index (κ1) is 13.1. The molecular formula is C15H20N4O. The van der Waals surface area contributed by atoms with E-state index in [1.165, 1.54) is 0 Å². The molecule has 1 aliphatic rings. The minimum Gasteiger partial charge on any atom is -0.381 e. The molecule has 2 aromatic rings. The van der Waals surface area contributed by atoms with E-state index >= 15 is 0 Å². The van der Waals surface area contributed by atoms with Crippen molar-refractivity contribution >= 4 is 5.69 Å². The van der Waals surface area contributed by atoms with Gasteiger partial charge in [-0.3, -0.25) is 0 Å². The van der Waals surface area contributed by atoms with Crippen molar-refractivity contribution in [1.82, 2.24) is 14.8 Å². The number of methoxy groups -OCH3 is 1. The maximum Gasteiger partial charge on any atom is 0.138 e. The number of benzene rings is 1. The molecule has 20 heavy (non-hydrogen) atoms. The summed E-state index contributed by atoms with van der Waals surface area (Å²) in [6, 6.07) is 8.72. The van der Waals surface area contributed by atoms with Crippen molar-refractivity contribution < 1.29 is 4.74 Å². The van der Waals surface area contributed by atoms with Gasteiger partial charge in [0.05, 0.1) is 17.5 Å². The van der Waals surface area contributed by atoms with Crippen LogP contribution in [0.1, 0.15) is 25.7 Å². The minimum atomic E-state index is 0.429. The van der Waals surface area contributed by atoms with Gasteiger partial charge in [-0.2, -0.15) is 5.10 Å². The summed E-state index contributed by atoms with van der Waals surface area (Å²) in [5.74, 6) is 0. The number of nitrogens with one attached hydrogen (secondary N) is 1. The van der Waals surface area contributed by atoms with Gasteiger partial charge in [0, 0.05) is 13.2 Å². The summed E-state index contributed by atoms with van der Waals surface area (Å²) in [5.41, 5.74) is 2.15. The van der Waals surface area contributed by atoms with E-state index in [9.17, 15) is 0 Å². The predicted octanol–water partition coefficient (Wildman–Crippen LogP) is 2.64. The maximum absolute atomic E-state index is 5.42. The first-order valence-electron chi connectivity index (χ1n) is 7.10. The normalized spacial score (nSPS) is 22.6. The van der Waals surface area contributed by atoms with Gasteiger partial charge in [-0.05, 0) is 37.8 Å². The SMILES string of the molecule is COC1CCC(Nc2ccccc2-n2cncn2)CC1. The van der Waals surface area contributed by atoms with Crippen molar-refractivity contribution in [3.8, 4) is 5.69 Å². The molecule has 0 amide bonds. The van der Waals surface area contributed by atoms with Gasteiger partial charge in [0.2, 0.25) is 0 Å². The summed E-state index contributed by atoms with van der Waals surface area (Å²) in [6.45, 7) is 0. The summed E-state index contributed by atoms with van der Waals surface area (Å²) in [6.07, 6.45) is 8.25. The Balaban J connectivity index is 1.72. The van der Waals surface area contributed by atoms with E-state index in [2.05, 4.69) is 27.5 Å². The number of hydrogen-bond acceptors (Lipinski definition) is 4. The van der Waals surface area contributed by atoms with Gasteiger partial charge in [-0.1, -0.05) is 12.1 Å². The van der Waals surface area contributed by atoms with Crippen LogP contribution < -0.4 is 5.32 Å². The Hall–Kier alpha value is -1.88. The maximum atomic E-state index is 5.42. The molecule has 1 saturated carbocycles. The molecule has 0 unspecified atom stereocenters. The lowest BCUT2D eigenvalue weighted by Gasteiger charge is -2.29. The second-order valence-corrected chi connectivity index (χ2v) is 5.21. The van der Waals surface area contributed by atoms with E-state index in [1.807, 2.05) is 12.1 Å². The van der Waals surface area contributed by atoms with Crippen LogP contribution in [-0.4, -0.2) is 34.0 Å². The van der Waals surface area contributed by atoms with Crippen LogP contribution in [0.5, 0.6) is 0 Å². The number of ether oxygens (including phenoxy) is 1. The summed E-state index contributed by atoms with van der Waals surface area (Å²) >= 11 is 0. The van der Waals surface area contributed by atoms with Crippen LogP contribution in [0, 0.1) is 0 Å². The van der Waals surface area contributed by atoms with Crippen LogP contribution in [0.3, 0.4) is 0 Å². The second kappa shape index (κ2) is 6.05. The Morgan fingerprint density at radius 1 is 1.20 bits per heavy atom. The van der Waals surface area contributed by atoms with E-state index in [0.29, 0.717) is 12.1 Å². The fraction of sp³-hybridized carbons (Fsp3) is 0.467. The van der Waals surface area contributed by atoms with Crippen LogP contribution in [0.2, 0.25) is 0 Å². The van der Waals surface area contributed by atoms with Gasteiger partial charge < -0.3 is 10.1 Å². The lowest BCUT2D eigenvalue weighted by Crippen LogP contribution is -2.29. The monoisotopic (exact) mass is 272 g/mol. The smallest absolute Gasteiger partial charge is 0.138 e. The van der Waals surface area contributed by atoms with Gasteiger partial charge in [0.1, 0.15) is 12.7 Å². The Kier molecular flexibility index (Phi) is 3.97. The zero-order chi connectivity index (χ0) is 13.8. The van der Waals surface area contributed by atoms with Crippen LogP contribution in [0.15, 0.2) is 36.9 Å². The molecule has 1 aromatic heterocycles. The van der Waals surface area contributed by atoms with E-state index < -0.39 is 0 Å². The van der Waals surface area contributed by atoms with Crippen LogP contribution in [-0.2, 0) is 4.74 Å². The van der Waals surface area contributed by atoms with E-state index in [1.54, 1.807) is 24.4 Å². The molecule has 0 saturated heterocycles. The van der Waals surface area contributed by atoms with E-state index in [-0.39, 0.29) is 0 Å². The molecule has 1 N–H and O–H groups in total. The highest BCUT2D eigenvalue weighted by Gasteiger charge is 2.21. The molecular weight excluding hydrogens is 252 g/mol. The topological polar surface area (TPSA) is 52.0 Å². The molecule has 1 fully saturated rings. The van der Waals surface area contributed by atoms with Gasteiger partial charge in [0.25, 0.3) is 0 Å². The van der Waals surface area contributed by atoms with Crippen molar-refractivity contribution in [3.63, 3.8) is 0 Å². The number of rotatable bonds is 4. The zero-order valence-electron chi connectivity index (χ0n) is 11.7. The number of nitrogens with zero attached hydrogens (tertiary/aromatic N) is 3. The minimum absolute atomic E-state index is 0.429. The summed E-state index contributed by atoms with van der Waals surface area (Å²) in [5, 5.41) is 7.85. The van der Waals surface area contributed by atoms with Gasteiger partial charge in [-0.15, -0.1) is 0 Å². The van der Waals surface area contributed by atoms with E-state index in [0.717, 1.165) is 37.1 Å². The molecule has 5 nitrogen and oxygen atoms in total. The van der Waals surface area contributed by atoms with Crippen molar-refractivity contribution in [2.75, 3.05) is 12.4 Å². The number of hydrogen-bond donors (Lipinski definition) is 1. The van der Waals surface area contributed by atoms with Gasteiger partial charge >= 0.3 is 0 Å². The molecule has 0 aliphatic heterocycles. The lowest BCUT2D eigenvalue weighted by molar-refractivity contribution is 0.0682. The lowest BCUT2D eigenvalue weighted by atomic mass is 9.93. The fourth-order valence-electron chi connectivity index (χ4n) is 2.79. The molecule has 0 atom stereocenters. The highest BCUT2D eigenvalue weighted by molar-refractivity contribution is 5.60. The second-order valence-electron chi connectivity index (χ2n) is 5.21. The molecule has 0 bridgehead atoms. The molecule has 5 heteroatoms. The molecule has 3 rings (SSSR count). The highest BCUT2D eigenvalue weighted by Crippen LogP contribution is 2.26. The molecule has 1 heterocycles. The fourth-order valence-corrected chi connectivity index (χ4v) is 2.79. The largest absolute Gasteiger partial charge is 0.381 e. The zero-order valence-corrected chi connectivity index (χ0v) is 11.7. The van der Waals surface area contributed by atoms with E-state index in [4.69, 9.17) is 4.74 Å². The Labute approximate surface area is 119 Å². The Morgan fingerprint density at radius 2 is 2.00 bits per heavy atom. The standard InChI is InChI=1S/C15H20N4O/c1-20-13-8-6-12(7-9-13)18-14-4-2-3-5-15(14)19-11-16-10-17-19/h2-5,10-13,18H,6-9H2,1H3. The number of anilines is 1. The van der Waals surface area contributed by atoms with Crippen LogP contribution in [0.4, 0.5) is 5.69 Å². The highest BCUT2D eigenvalue weighted by atomic mass is 16.5. The first-order valence-corrected chi connectivity index (χ1v) is 7.10. The van der Waals surface area contributed by atoms with Crippen LogP contribution >= 0.6 is 0 Å². The molecule has 0 spiro atoms. The average molecular weight is 272 g/mol. The number of para-hydroxylation sites is 2. The van der Waals surface area contributed by atoms with Crippen molar-refractivity contribution in [2.24, 2.45) is 0 Å². The van der Waals surface area contributed by atoms with Crippen molar-refractivity contribution in [2.45, 2.75) is 37.8 Å². The molecule has 1 aliphatic carbocycles. The Bertz CT molecular complexity index is 533. The van der Waals surface area contributed by atoms with Gasteiger partial charge in [0.15, 0.2) is 0 Å². The third-order valence-corrected chi connectivity index (χ3v) is 3.94. The van der Waals surface area contributed by atoms with Gasteiger partial charge in [-0.25, -0.2) is 9.67 Å². The summed E-state index contributed by atoms with van der Waals surface area (Å²) < 4.78 is 7.22. The molecule has 106 valence electrons. The third-order valence-electron chi connectivity index (χ3n) is 3.94. The number of aromatic nitrogens is 3. The Morgan fingerprint density at radius 3 is 2.70 bits per heavy atom.